The van der Waals surface area contributed by atoms with Crippen LogP contribution in [0.4, 0.5) is 5.69 Å². The van der Waals surface area contributed by atoms with Gasteiger partial charge in [-0.2, -0.15) is 0 Å². The summed E-state index contributed by atoms with van der Waals surface area (Å²) in [5, 5.41) is 5.79. The molecule has 130 valence electrons. The van der Waals surface area contributed by atoms with Gasteiger partial charge in [0.25, 0.3) is 0 Å². The van der Waals surface area contributed by atoms with E-state index in [-0.39, 0.29) is 18.2 Å². The fraction of sp³-hybridized carbons (Fsp3) is 0.400. The normalized spacial score (nSPS) is 18.5. The zero-order valence-corrected chi connectivity index (χ0v) is 14.9. The standard InChI is InChI=1S/C15H18ClN3O4S/c1-22-6-5-17-15-19-14(21)12(24-15)8-13(20)18-9-3-4-11(23-2)10(16)7-9/h3-4,7,12H,5-6,8H2,1-2H3,(H,18,20)(H,17,19,21). The lowest BCUT2D eigenvalue weighted by molar-refractivity contribution is -0.122. The Bertz CT molecular complexity index is 654. The van der Waals surface area contributed by atoms with E-state index in [4.69, 9.17) is 21.1 Å². The molecular weight excluding hydrogens is 354 g/mol. The Kier molecular flexibility index (Phi) is 6.89. The predicted molar refractivity (Wildman–Crippen MR) is 95.0 cm³/mol. The lowest BCUT2D eigenvalue weighted by Crippen LogP contribution is -2.28. The molecule has 0 bridgehead atoms. The summed E-state index contributed by atoms with van der Waals surface area (Å²) in [6, 6.07) is 4.94. The highest BCUT2D eigenvalue weighted by Gasteiger charge is 2.31. The molecule has 0 aromatic heterocycles. The SMILES string of the molecule is COCCN=C1NC(=O)C(CC(=O)Nc2ccc(OC)c(Cl)c2)S1. The van der Waals surface area contributed by atoms with E-state index in [1.807, 2.05) is 0 Å². The van der Waals surface area contributed by atoms with E-state index in [0.29, 0.717) is 34.8 Å². The molecule has 0 spiro atoms. The number of aliphatic imine (C=N–C) groups is 1. The fourth-order valence-electron chi connectivity index (χ4n) is 1.98. The summed E-state index contributed by atoms with van der Waals surface area (Å²) in [7, 11) is 3.10. The third-order valence-corrected chi connectivity index (χ3v) is 4.55. The molecular formula is C15H18ClN3O4S. The number of carbonyl (C=O) groups excluding carboxylic acids is 2. The smallest absolute Gasteiger partial charge is 0.240 e. The zero-order chi connectivity index (χ0) is 17.5. The van der Waals surface area contributed by atoms with E-state index >= 15 is 0 Å². The number of thioether (sulfide) groups is 1. The molecule has 1 aromatic carbocycles. The van der Waals surface area contributed by atoms with Crippen molar-refractivity contribution in [3.8, 4) is 5.75 Å². The molecule has 0 radical (unpaired) electrons. The molecule has 1 saturated heterocycles. The van der Waals surface area contributed by atoms with Crippen LogP contribution < -0.4 is 15.4 Å². The van der Waals surface area contributed by atoms with Gasteiger partial charge in [-0.1, -0.05) is 23.4 Å². The Labute approximate surface area is 149 Å². The lowest BCUT2D eigenvalue weighted by Gasteiger charge is -2.09. The van der Waals surface area contributed by atoms with Gasteiger partial charge in [0.15, 0.2) is 5.17 Å². The summed E-state index contributed by atoms with van der Waals surface area (Å²) < 4.78 is 9.96. The molecule has 2 N–H and O–H groups in total. The van der Waals surface area contributed by atoms with Gasteiger partial charge in [0.2, 0.25) is 11.8 Å². The minimum atomic E-state index is -0.500. The minimum absolute atomic E-state index is 0.0451. The van der Waals surface area contributed by atoms with Crippen LogP contribution in [0.1, 0.15) is 6.42 Å². The summed E-state index contributed by atoms with van der Waals surface area (Å²) in [6.45, 7) is 0.936. The van der Waals surface area contributed by atoms with E-state index in [1.54, 1.807) is 25.3 Å². The first-order valence-electron chi connectivity index (χ1n) is 7.17. The molecule has 9 heteroatoms. The fourth-order valence-corrected chi connectivity index (χ4v) is 3.23. The van der Waals surface area contributed by atoms with Crippen molar-refractivity contribution < 1.29 is 19.1 Å². The number of amides is 2. The largest absolute Gasteiger partial charge is 0.495 e. The number of carbonyl (C=O) groups is 2. The monoisotopic (exact) mass is 371 g/mol. The van der Waals surface area contributed by atoms with Crippen molar-refractivity contribution in [2.24, 2.45) is 4.99 Å². The van der Waals surface area contributed by atoms with Crippen molar-refractivity contribution in [2.45, 2.75) is 11.7 Å². The highest BCUT2D eigenvalue weighted by Crippen LogP contribution is 2.28. The Morgan fingerprint density at radius 3 is 2.92 bits per heavy atom. The summed E-state index contributed by atoms with van der Waals surface area (Å²) >= 11 is 7.26. The maximum atomic E-state index is 12.1. The van der Waals surface area contributed by atoms with Crippen LogP contribution in [0.3, 0.4) is 0 Å². The lowest BCUT2D eigenvalue weighted by atomic mass is 10.2. The Balaban J connectivity index is 1.89. The predicted octanol–water partition coefficient (Wildman–Crippen LogP) is 1.91. The third kappa shape index (κ3) is 5.12. The number of hydrogen-bond acceptors (Lipinski definition) is 6. The van der Waals surface area contributed by atoms with Gasteiger partial charge in [0.1, 0.15) is 11.0 Å². The first kappa shape index (κ1) is 18.6. The average Bonchev–Trinajstić information content (AvgIpc) is 2.87. The Hall–Kier alpha value is -1.77. The molecule has 1 atom stereocenters. The van der Waals surface area contributed by atoms with Crippen LogP contribution in [-0.4, -0.2) is 49.6 Å². The molecule has 0 saturated carbocycles. The average molecular weight is 372 g/mol. The highest BCUT2D eigenvalue weighted by molar-refractivity contribution is 8.15. The number of nitrogens with one attached hydrogen (secondary N) is 2. The van der Waals surface area contributed by atoms with Gasteiger partial charge in [-0.15, -0.1) is 0 Å². The van der Waals surface area contributed by atoms with Crippen LogP contribution >= 0.6 is 23.4 Å². The van der Waals surface area contributed by atoms with Crippen LogP contribution in [0.5, 0.6) is 5.75 Å². The van der Waals surface area contributed by atoms with Crippen LogP contribution in [0, 0.1) is 0 Å². The molecule has 0 aliphatic carbocycles. The molecule has 7 nitrogen and oxygen atoms in total. The van der Waals surface area contributed by atoms with Gasteiger partial charge >= 0.3 is 0 Å². The molecule has 1 heterocycles. The minimum Gasteiger partial charge on any atom is -0.495 e. The van der Waals surface area contributed by atoms with Gasteiger partial charge in [0, 0.05) is 19.2 Å². The number of benzene rings is 1. The molecule has 1 aliphatic heterocycles. The van der Waals surface area contributed by atoms with Gasteiger partial charge in [-0.25, -0.2) is 0 Å². The van der Waals surface area contributed by atoms with Crippen LogP contribution in [0.25, 0.3) is 0 Å². The van der Waals surface area contributed by atoms with Crippen molar-refractivity contribution in [1.29, 1.82) is 0 Å². The summed E-state index contributed by atoms with van der Waals surface area (Å²) in [5.74, 6) is 0.0263. The number of rotatable bonds is 7. The van der Waals surface area contributed by atoms with Crippen molar-refractivity contribution in [1.82, 2.24) is 5.32 Å². The topological polar surface area (TPSA) is 89.0 Å². The second-order valence-electron chi connectivity index (χ2n) is 4.88. The van der Waals surface area contributed by atoms with E-state index < -0.39 is 5.25 Å². The number of anilines is 1. The molecule has 24 heavy (non-hydrogen) atoms. The number of nitrogens with zero attached hydrogens (tertiary/aromatic N) is 1. The van der Waals surface area contributed by atoms with E-state index in [0.717, 1.165) is 0 Å². The van der Waals surface area contributed by atoms with E-state index in [1.165, 1.54) is 18.9 Å². The quantitative estimate of drug-likeness (QED) is 0.715. The number of hydrogen-bond donors (Lipinski definition) is 2. The van der Waals surface area contributed by atoms with Crippen molar-refractivity contribution in [3.05, 3.63) is 23.2 Å². The van der Waals surface area contributed by atoms with Crippen LogP contribution in [-0.2, 0) is 14.3 Å². The number of halogens is 1. The number of amidine groups is 1. The maximum absolute atomic E-state index is 12.1. The van der Waals surface area contributed by atoms with Crippen LogP contribution in [0.2, 0.25) is 5.02 Å². The van der Waals surface area contributed by atoms with Gasteiger partial charge in [0.05, 0.1) is 25.3 Å². The summed E-state index contributed by atoms with van der Waals surface area (Å²) in [6.07, 6.45) is 0.0451. The second-order valence-corrected chi connectivity index (χ2v) is 6.48. The molecule has 2 amide bonds. The first-order chi connectivity index (χ1) is 11.5. The highest BCUT2D eigenvalue weighted by atomic mass is 35.5. The molecule has 2 rings (SSSR count). The third-order valence-electron chi connectivity index (χ3n) is 3.13. The van der Waals surface area contributed by atoms with Crippen molar-refractivity contribution in [3.63, 3.8) is 0 Å². The van der Waals surface area contributed by atoms with Crippen molar-refractivity contribution in [2.75, 3.05) is 32.7 Å². The second kappa shape index (κ2) is 8.91. The number of ether oxygens (including phenoxy) is 2. The summed E-state index contributed by atoms with van der Waals surface area (Å²) in [4.78, 5) is 28.2. The molecule has 1 aliphatic rings. The van der Waals surface area contributed by atoms with Gasteiger partial charge in [-0.05, 0) is 18.2 Å². The van der Waals surface area contributed by atoms with Gasteiger partial charge < -0.3 is 20.1 Å². The van der Waals surface area contributed by atoms with Crippen molar-refractivity contribution >= 4 is 46.0 Å². The Morgan fingerprint density at radius 1 is 1.46 bits per heavy atom. The first-order valence-corrected chi connectivity index (χ1v) is 8.43. The molecule has 1 unspecified atom stereocenters. The zero-order valence-electron chi connectivity index (χ0n) is 13.3. The maximum Gasteiger partial charge on any atom is 0.240 e. The summed E-state index contributed by atoms with van der Waals surface area (Å²) in [5.41, 5.74) is 0.545. The Morgan fingerprint density at radius 2 is 2.25 bits per heavy atom. The number of methoxy groups -OCH3 is 2. The molecule has 1 aromatic rings. The van der Waals surface area contributed by atoms with Gasteiger partial charge in [-0.3, -0.25) is 14.6 Å². The van der Waals surface area contributed by atoms with E-state index in [2.05, 4.69) is 15.6 Å². The van der Waals surface area contributed by atoms with E-state index in [9.17, 15) is 9.59 Å². The molecule has 1 fully saturated rings. The van der Waals surface area contributed by atoms with Crippen LogP contribution in [0.15, 0.2) is 23.2 Å².